The molecule has 0 bridgehead atoms. The lowest BCUT2D eigenvalue weighted by atomic mass is 10.2. The third-order valence-corrected chi connectivity index (χ3v) is 0.813. The van der Waals surface area contributed by atoms with Gasteiger partial charge in [0.15, 0.2) is 0 Å². The molecule has 0 amide bonds. The molecule has 0 saturated heterocycles. The van der Waals surface area contributed by atoms with Crippen LogP contribution in [0.4, 0.5) is 0 Å². The number of aliphatic carboxylic acids is 1. The summed E-state index contributed by atoms with van der Waals surface area (Å²) in [6.45, 7) is 4.02. The van der Waals surface area contributed by atoms with Gasteiger partial charge in [-0.3, -0.25) is 4.79 Å². The maximum Gasteiger partial charge on any atom is 0.307 e. The van der Waals surface area contributed by atoms with E-state index in [4.69, 9.17) is 5.11 Å². The van der Waals surface area contributed by atoms with Gasteiger partial charge in [-0.25, -0.2) is 0 Å². The van der Waals surface area contributed by atoms with Gasteiger partial charge in [-0.15, -0.1) is 0 Å². The summed E-state index contributed by atoms with van der Waals surface area (Å²) in [5.41, 5.74) is 0. The van der Waals surface area contributed by atoms with Crippen LogP contribution < -0.4 is 0 Å². The molecule has 0 aliphatic carbocycles. The normalized spacial score (nSPS) is 11.0. The van der Waals surface area contributed by atoms with Gasteiger partial charge in [0.1, 0.15) is 0 Å². The lowest BCUT2D eigenvalue weighted by Crippen LogP contribution is -1.90. The Morgan fingerprint density at radius 1 is 1.67 bits per heavy atom. The molecular weight excluding hydrogens is 116 g/mol. The molecule has 0 heterocycles. The number of carbonyl (C=O) groups is 1. The van der Waals surface area contributed by atoms with Crippen LogP contribution >= 0.6 is 0 Å². The molecule has 0 aromatic rings. The molecule has 0 unspecified atom stereocenters. The smallest absolute Gasteiger partial charge is 0.307 e. The van der Waals surface area contributed by atoms with E-state index in [-0.39, 0.29) is 6.42 Å². The molecule has 0 radical (unpaired) electrons. The van der Waals surface area contributed by atoms with Gasteiger partial charge in [0.25, 0.3) is 0 Å². The summed E-state index contributed by atoms with van der Waals surface area (Å²) >= 11 is 0. The van der Waals surface area contributed by atoms with Crippen LogP contribution in [0.25, 0.3) is 0 Å². The van der Waals surface area contributed by atoms with Crippen molar-refractivity contribution in [2.75, 3.05) is 0 Å². The van der Waals surface area contributed by atoms with Gasteiger partial charge >= 0.3 is 5.97 Å². The quantitative estimate of drug-likeness (QED) is 0.587. The third-order valence-electron chi connectivity index (χ3n) is 0.813. The molecule has 0 saturated carbocycles. The van der Waals surface area contributed by atoms with E-state index in [1.165, 1.54) is 0 Å². The van der Waals surface area contributed by atoms with Gasteiger partial charge in [-0.2, -0.15) is 0 Å². The minimum absolute atomic E-state index is 0.137. The van der Waals surface area contributed by atoms with Gasteiger partial charge in [0.05, 0.1) is 6.42 Å². The average Bonchev–Trinajstić information content (AvgIpc) is 1.63. The first kappa shape index (κ1) is 8.21. The van der Waals surface area contributed by atoms with Crippen LogP contribution in [0.15, 0.2) is 12.2 Å². The monoisotopic (exact) mass is 128 g/mol. The lowest BCUT2D eigenvalue weighted by Gasteiger charge is -1.90. The van der Waals surface area contributed by atoms with Crippen LogP contribution in [-0.2, 0) is 4.79 Å². The van der Waals surface area contributed by atoms with E-state index in [9.17, 15) is 4.79 Å². The number of hydrogen-bond donors (Lipinski definition) is 1. The largest absolute Gasteiger partial charge is 0.481 e. The third kappa shape index (κ3) is 7.21. The molecule has 1 N–H and O–H groups in total. The highest BCUT2D eigenvalue weighted by atomic mass is 16.4. The SMILES string of the molecule is CC(C)/C=C\CC(=O)O. The maximum atomic E-state index is 9.93. The first-order valence-corrected chi connectivity index (χ1v) is 3.01. The van der Waals surface area contributed by atoms with Gasteiger partial charge in [0.2, 0.25) is 0 Å². The molecule has 0 atom stereocenters. The Balaban J connectivity index is 3.36. The minimum Gasteiger partial charge on any atom is -0.481 e. The Hall–Kier alpha value is -0.790. The van der Waals surface area contributed by atoms with Crippen molar-refractivity contribution in [1.29, 1.82) is 0 Å². The molecule has 0 aromatic carbocycles. The summed E-state index contributed by atoms with van der Waals surface area (Å²) in [6.07, 6.45) is 3.69. The first-order chi connectivity index (χ1) is 4.13. The highest BCUT2D eigenvalue weighted by Crippen LogP contribution is 1.94. The first-order valence-electron chi connectivity index (χ1n) is 3.01. The molecule has 2 nitrogen and oxygen atoms in total. The minimum atomic E-state index is -0.771. The van der Waals surface area contributed by atoms with Gasteiger partial charge in [-0.05, 0) is 5.92 Å². The van der Waals surface area contributed by atoms with Crippen LogP contribution in [0.5, 0.6) is 0 Å². The van der Waals surface area contributed by atoms with E-state index >= 15 is 0 Å². The Morgan fingerprint density at radius 3 is 2.56 bits per heavy atom. The molecule has 0 aliphatic rings. The summed E-state index contributed by atoms with van der Waals surface area (Å²) in [6, 6.07) is 0. The van der Waals surface area contributed by atoms with E-state index in [1.807, 2.05) is 19.9 Å². The van der Waals surface area contributed by atoms with Crippen molar-refractivity contribution in [2.24, 2.45) is 5.92 Å². The fraction of sp³-hybridized carbons (Fsp3) is 0.571. The Bertz CT molecular complexity index is 114. The van der Waals surface area contributed by atoms with Gasteiger partial charge in [-0.1, -0.05) is 26.0 Å². The van der Waals surface area contributed by atoms with Crippen LogP contribution in [-0.4, -0.2) is 11.1 Å². The fourth-order valence-corrected chi connectivity index (χ4v) is 0.441. The van der Waals surface area contributed by atoms with Crippen LogP contribution in [0.3, 0.4) is 0 Å². The van der Waals surface area contributed by atoms with Crippen LogP contribution in [0.1, 0.15) is 20.3 Å². The summed E-state index contributed by atoms with van der Waals surface area (Å²) < 4.78 is 0. The van der Waals surface area contributed by atoms with Gasteiger partial charge < -0.3 is 5.11 Å². The van der Waals surface area contributed by atoms with E-state index in [1.54, 1.807) is 6.08 Å². The second-order valence-corrected chi connectivity index (χ2v) is 2.27. The topological polar surface area (TPSA) is 37.3 Å². The number of carboxylic acids is 1. The summed E-state index contributed by atoms with van der Waals surface area (Å²) in [5, 5.41) is 8.18. The van der Waals surface area contributed by atoms with Crippen molar-refractivity contribution in [3.8, 4) is 0 Å². The highest BCUT2D eigenvalue weighted by Gasteiger charge is 1.89. The molecule has 2 heteroatoms. The average molecular weight is 128 g/mol. The number of rotatable bonds is 3. The maximum absolute atomic E-state index is 9.93. The van der Waals surface area contributed by atoms with E-state index < -0.39 is 5.97 Å². The zero-order chi connectivity index (χ0) is 7.28. The highest BCUT2D eigenvalue weighted by molar-refractivity contribution is 5.68. The lowest BCUT2D eigenvalue weighted by molar-refractivity contribution is -0.136. The Labute approximate surface area is 55.2 Å². The predicted octanol–water partition coefficient (Wildman–Crippen LogP) is 1.67. The second kappa shape index (κ2) is 4.13. The number of hydrogen-bond acceptors (Lipinski definition) is 1. The molecule has 52 valence electrons. The van der Waals surface area contributed by atoms with Crippen molar-refractivity contribution >= 4 is 5.97 Å². The van der Waals surface area contributed by atoms with Crippen molar-refractivity contribution in [2.45, 2.75) is 20.3 Å². The van der Waals surface area contributed by atoms with Crippen molar-refractivity contribution in [3.63, 3.8) is 0 Å². The summed E-state index contributed by atoms with van der Waals surface area (Å²) in [7, 11) is 0. The van der Waals surface area contributed by atoms with E-state index in [2.05, 4.69) is 0 Å². The molecular formula is C7H12O2. The Kier molecular flexibility index (Phi) is 3.76. The molecule has 0 spiro atoms. The molecule has 0 aliphatic heterocycles. The van der Waals surface area contributed by atoms with E-state index in [0.29, 0.717) is 5.92 Å². The van der Waals surface area contributed by atoms with Gasteiger partial charge in [0, 0.05) is 0 Å². The zero-order valence-corrected chi connectivity index (χ0v) is 5.79. The standard InChI is InChI=1S/C7H12O2/c1-6(2)4-3-5-7(8)9/h3-4,6H,5H2,1-2H3,(H,8,9)/b4-3-. The number of allylic oxidation sites excluding steroid dienone is 1. The fourth-order valence-electron chi connectivity index (χ4n) is 0.441. The zero-order valence-electron chi connectivity index (χ0n) is 5.79. The second-order valence-electron chi connectivity index (χ2n) is 2.27. The summed E-state index contributed by atoms with van der Waals surface area (Å²) in [5.74, 6) is -0.323. The van der Waals surface area contributed by atoms with Crippen molar-refractivity contribution in [1.82, 2.24) is 0 Å². The van der Waals surface area contributed by atoms with Crippen LogP contribution in [0.2, 0.25) is 0 Å². The molecule has 0 rings (SSSR count). The predicted molar refractivity (Wildman–Crippen MR) is 36.2 cm³/mol. The van der Waals surface area contributed by atoms with E-state index in [0.717, 1.165) is 0 Å². The Morgan fingerprint density at radius 2 is 2.22 bits per heavy atom. The van der Waals surface area contributed by atoms with Crippen molar-refractivity contribution < 1.29 is 9.90 Å². The van der Waals surface area contributed by atoms with Crippen molar-refractivity contribution in [3.05, 3.63) is 12.2 Å². The molecule has 9 heavy (non-hydrogen) atoms. The molecule has 0 fully saturated rings. The molecule has 0 aromatic heterocycles. The number of carboxylic acid groups (broad SMARTS) is 1. The summed E-state index contributed by atoms with van der Waals surface area (Å²) in [4.78, 5) is 9.93. The van der Waals surface area contributed by atoms with Crippen LogP contribution in [0, 0.1) is 5.92 Å².